The van der Waals surface area contributed by atoms with E-state index in [2.05, 4.69) is 4.98 Å². The van der Waals surface area contributed by atoms with Gasteiger partial charge in [0.1, 0.15) is 0 Å². The number of hydrogen-bond acceptors (Lipinski definition) is 5. The third kappa shape index (κ3) is 2.92. The Morgan fingerprint density at radius 2 is 1.80 bits per heavy atom. The predicted molar refractivity (Wildman–Crippen MR) is 70.5 cm³/mol. The molecular formula is C13H19N3O4. The van der Waals surface area contributed by atoms with Gasteiger partial charge < -0.3 is 19.0 Å². The van der Waals surface area contributed by atoms with Crippen LogP contribution in [0, 0.1) is 13.8 Å². The molecule has 0 aromatic carbocycles. The lowest BCUT2D eigenvalue weighted by Gasteiger charge is -2.33. The van der Waals surface area contributed by atoms with Gasteiger partial charge in [-0.2, -0.15) is 0 Å². The van der Waals surface area contributed by atoms with E-state index >= 15 is 0 Å². The summed E-state index contributed by atoms with van der Waals surface area (Å²) in [5.41, 5.74) is 0.598. The molecule has 0 spiro atoms. The number of nitrogens with zero attached hydrogens (tertiary/aromatic N) is 3. The van der Waals surface area contributed by atoms with Gasteiger partial charge in [0.2, 0.25) is 5.76 Å². The van der Waals surface area contributed by atoms with Crippen LogP contribution in [0.4, 0.5) is 4.79 Å². The van der Waals surface area contributed by atoms with Crippen molar-refractivity contribution in [3.05, 3.63) is 17.3 Å². The lowest BCUT2D eigenvalue weighted by molar-refractivity contribution is 0.0544. The minimum Gasteiger partial charge on any atom is -0.450 e. The van der Waals surface area contributed by atoms with Crippen molar-refractivity contribution in [2.24, 2.45) is 0 Å². The second kappa shape index (κ2) is 5.94. The molecule has 110 valence electrons. The molecule has 2 heterocycles. The van der Waals surface area contributed by atoms with Gasteiger partial charge in [-0.1, -0.05) is 0 Å². The van der Waals surface area contributed by atoms with Crippen LogP contribution in [-0.2, 0) is 4.74 Å². The summed E-state index contributed by atoms with van der Waals surface area (Å²) in [4.78, 5) is 31.2. The van der Waals surface area contributed by atoms with Gasteiger partial charge in [0.15, 0.2) is 5.89 Å². The first-order valence-electron chi connectivity index (χ1n) is 6.68. The third-order valence-electron chi connectivity index (χ3n) is 3.19. The van der Waals surface area contributed by atoms with E-state index in [1.807, 2.05) is 0 Å². The highest BCUT2D eigenvalue weighted by Crippen LogP contribution is 2.14. The van der Waals surface area contributed by atoms with Gasteiger partial charge in [0.05, 0.1) is 12.3 Å². The van der Waals surface area contributed by atoms with Crippen molar-refractivity contribution in [2.45, 2.75) is 20.8 Å². The Morgan fingerprint density at radius 3 is 2.30 bits per heavy atom. The van der Waals surface area contributed by atoms with E-state index in [0.717, 1.165) is 0 Å². The zero-order valence-corrected chi connectivity index (χ0v) is 12.0. The van der Waals surface area contributed by atoms with Gasteiger partial charge >= 0.3 is 6.09 Å². The summed E-state index contributed by atoms with van der Waals surface area (Å²) >= 11 is 0. The Morgan fingerprint density at radius 1 is 1.20 bits per heavy atom. The van der Waals surface area contributed by atoms with Crippen LogP contribution in [0.3, 0.4) is 0 Å². The van der Waals surface area contributed by atoms with Crippen LogP contribution >= 0.6 is 0 Å². The molecule has 1 aromatic rings. The third-order valence-corrected chi connectivity index (χ3v) is 3.19. The first kappa shape index (κ1) is 14.4. The van der Waals surface area contributed by atoms with Crippen LogP contribution in [0.1, 0.15) is 29.1 Å². The minimum atomic E-state index is -0.328. The van der Waals surface area contributed by atoms with Gasteiger partial charge in [0, 0.05) is 33.1 Å². The predicted octanol–water partition coefficient (Wildman–Crippen LogP) is 1.21. The fourth-order valence-electron chi connectivity index (χ4n) is 2.18. The van der Waals surface area contributed by atoms with Crippen molar-refractivity contribution in [3.63, 3.8) is 0 Å². The minimum absolute atomic E-state index is 0.174. The maximum absolute atomic E-state index is 12.3. The van der Waals surface area contributed by atoms with Crippen molar-refractivity contribution >= 4 is 12.0 Å². The number of carbonyl (C=O) groups is 2. The number of rotatable bonds is 2. The monoisotopic (exact) mass is 281 g/mol. The summed E-state index contributed by atoms with van der Waals surface area (Å²) < 4.78 is 10.3. The molecule has 7 heteroatoms. The van der Waals surface area contributed by atoms with E-state index in [4.69, 9.17) is 9.15 Å². The van der Waals surface area contributed by atoms with Gasteiger partial charge in [0.25, 0.3) is 5.91 Å². The quantitative estimate of drug-likeness (QED) is 0.814. The Hall–Kier alpha value is -2.05. The topological polar surface area (TPSA) is 75.9 Å². The molecule has 1 aliphatic heterocycles. The van der Waals surface area contributed by atoms with Crippen molar-refractivity contribution < 1.29 is 18.7 Å². The summed E-state index contributed by atoms with van der Waals surface area (Å²) in [6.45, 7) is 7.46. The van der Waals surface area contributed by atoms with E-state index in [1.54, 1.807) is 30.6 Å². The van der Waals surface area contributed by atoms with Crippen LogP contribution in [0.2, 0.25) is 0 Å². The molecule has 0 N–H and O–H groups in total. The van der Waals surface area contributed by atoms with Crippen LogP contribution in [0.25, 0.3) is 0 Å². The molecule has 1 saturated heterocycles. The summed E-state index contributed by atoms with van der Waals surface area (Å²) in [6, 6.07) is 0. The fourth-order valence-corrected chi connectivity index (χ4v) is 2.18. The van der Waals surface area contributed by atoms with Crippen LogP contribution in [0.15, 0.2) is 4.42 Å². The molecule has 1 aliphatic rings. The number of aromatic nitrogens is 1. The second-order valence-electron chi connectivity index (χ2n) is 4.63. The molecule has 1 fully saturated rings. The normalized spacial score (nSPS) is 15.3. The average molecular weight is 281 g/mol. The largest absolute Gasteiger partial charge is 0.450 e. The Labute approximate surface area is 117 Å². The van der Waals surface area contributed by atoms with Gasteiger partial charge in [-0.05, 0) is 13.8 Å². The molecule has 0 atom stereocenters. The maximum atomic E-state index is 12.3. The van der Waals surface area contributed by atoms with Gasteiger partial charge in [-0.3, -0.25) is 4.79 Å². The molecule has 0 unspecified atom stereocenters. The zero-order chi connectivity index (χ0) is 14.7. The van der Waals surface area contributed by atoms with E-state index < -0.39 is 0 Å². The smallest absolute Gasteiger partial charge is 0.409 e. The van der Waals surface area contributed by atoms with Crippen LogP contribution in [-0.4, -0.2) is 59.6 Å². The summed E-state index contributed by atoms with van der Waals surface area (Å²) in [5, 5.41) is 0. The second-order valence-corrected chi connectivity index (χ2v) is 4.63. The molecule has 0 saturated carbocycles. The first-order valence-corrected chi connectivity index (χ1v) is 6.68. The van der Waals surface area contributed by atoms with E-state index in [1.165, 1.54) is 0 Å². The van der Waals surface area contributed by atoms with Crippen molar-refractivity contribution in [2.75, 3.05) is 32.8 Å². The Balaban J connectivity index is 1.95. The van der Waals surface area contributed by atoms with Gasteiger partial charge in [-0.25, -0.2) is 9.78 Å². The zero-order valence-electron chi connectivity index (χ0n) is 12.0. The van der Waals surface area contributed by atoms with Crippen molar-refractivity contribution in [1.82, 2.24) is 14.8 Å². The van der Waals surface area contributed by atoms with E-state index in [-0.39, 0.29) is 17.8 Å². The molecule has 1 aromatic heterocycles. The van der Waals surface area contributed by atoms with Crippen molar-refractivity contribution in [3.8, 4) is 0 Å². The van der Waals surface area contributed by atoms with Crippen LogP contribution < -0.4 is 0 Å². The van der Waals surface area contributed by atoms with Crippen molar-refractivity contribution in [1.29, 1.82) is 0 Å². The Bertz CT molecular complexity index is 504. The highest BCUT2D eigenvalue weighted by molar-refractivity contribution is 5.92. The Kier molecular flexibility index (Phi) is 4.26. The fraction of sp³-hybridized carbons (Fsp3) is 0.615. The lowest BCUT2D eigenvalue weighted by Crippen LogP contribution is -2.50. The number of oxazole rings is 1. The first-order chi connectivity index (χ1) is 9.52. The number of ether oxygens (including phenoxy) is 1. The number of amides is 2. The summed E-state index contributed by atoms with van der Waals surface area (Å²) in [6.07, 6.45) is -0.328. The lowest BCUT2D eigenvalue weighted by atomic mass is 10.2. The molecule has 2 amide bonds. The molecule has 2 rings (SSSR count). The number of piperazine rings is 1. The highest BCUT2D eigenvalue weighted by atomic mass is 16.6. The SMILES string of the molecule is CCOC(=O)N1CCN(C(=O)c2oc(C)nc2C)CC1. The summed E-state index contributed by atoms with van der Waals surface area (Å²) in [5.74, 6) is 0.592. The highest BCUT2D eigenvalue weighted by Gasteiger charge is 2.28. The average Bonchev–Trinajstić information content (AvgIpc) is 2.77. The molecular weight excluding hydrogens is 262 g/mol. The number of aryl methyl sites for hydroxylation is 2. The molecule has 0 bridgehead atoms. The van der Waals surface area contributed by atoms with Gasteiger partial charge in [-0.15, -0.1) is 0 Å². The standard InChI is InChI=1S/C13H19N3O4/c1-4-19-13(18)16-7-5-15(6-8-16)12(17)11-9(2)14-10(3)20-11/h4-8H2,1-3H3. The molecule has 0 aliphatic carbocycles. The van der Waals surface area contributed by atoms with Crippen LogP contribution in [0.5, 0.6) is 0 Å². The number of carbonyl (C=O) groups excluding carboxylic acids is 2. The molecule has 0 radical (unpaired) electrons. The number of hydrogen-bond donors (Lipinski definition) is 0. The van der Waals surface area contributed by atoms with E-state index in [0.29, 0.717) is 44.4 Å². The maximum Gasteiger partial charge on any atom is 0.409 e. The molecule has 7 nitrogen and oxygen atoms in total. The van der Waals surface area contributed by atoms with E-state index in [9.17, 15) is 9.59 Å². The molecule has 20 heavy (non-hydrogen) atoms. The summed E-state index contributed by atoms with van der Waals surface area (Å²) in [7, 11) is 0.